The maximum Gasteiger partial charge on any atom is 0.260 e. The van der Waals surface area contributed by atoms with Gasteiger partial charge in [-0.25, -0.2) is 0 Å². The normalized spacial score (nSPS) is 14.0. The van der Waals surface area contributed by atoms with E-state index < -0.39 is 6.10 Å². The molecule has 0 aliphatic rings. The highest BCUT2D eigenvalue weighted by Gasteiger charge is 2.19. The van der Waals surface area contributed by atoms with E-state index in [1.165, 1.54) is 0 Å². The third kappa shape index (κ3) is 4.58. The summed E-state index contributed by atoms with van der Waals surface area (Å²) in [5, 5.41) is 2.97. The fourth-order valence-electron chi connectivity index (χ4n) is 1.66. The lowest BCUT2D eigenvalue weighted by molar-refractivity contribution is -0.128. The third-order valence-electron chi connectivity index (χ3n) is 3.40. The molecule has 0 heterocycles. The summed E-state index contributed by atoms with van der Waals surface area (Å²) in [6.45, 7) is 10.0. The van der Waals surface area contributed by atoms with Crippen molar-refractivity contribution in [3.05, 3.63) is 29.8 Å². The molecule has 0 fully saturated rings. The van der Waals surface area contributed by atoms with Crippen LogP contribution in [0.2, 0.25) is 0 Å². The Kier molecular flexibility index (Phi) is 5.87. The molecule has 19 heavy (non-hydrogen) atoms. The van der Waals surface area contributed by atoms with Crippen LogP contribution in [0.25, 0.3) is 0 Å². The topological polar surface area (TPSA) is 38.3 Å². The third-order valence-corrected chi connectivity index (χ3v) is 3.40. The summed E-state index contributed by atoms with van der Waals surface area (Å²) in [6, 6.07) is 8.00. The summed E-state index contributed by atoms with van der Waals surface area (Å²) in [7, 11) is 0. The molecule has 3 nitrogen and oxygen atoms in total. The van der Waals surface area contributed by atoms with Crippen LogP contribution in [0.5, 0.6) is 5.75 Å². The maximum absolute atomic E-state index is 12.0. The molecule has 0 radical (unpaired) electrons. The van der Waals surface area contributed by atoms with Crippen LogP contribution in [-0.2, 0) is 11.2 Å². The minimum atomic E-state index is -0.478. The van der Waals surface area contributed by atoms with Gasteiger partial charge in [0.05, 0.1) is 0 Å². The summed E-state index contributed by atoms with van der Waals surface area (Å²) in [6.07, 6.45) is 0.418. The van der Waals surface area contributed by atoms with Gasteiger partial charge in [-0.3, -0.25) is 4.79 Å². The van der Waals surface area contributed by atoms with E-state index in [-0.39, 0.29) is 11.9 Å². The average molecular weight is 263 g/mol. The number of nitrogens with one attached hydrogen (secondary N) is 1. The lowest BCUT2D eigenvalue weighted by atomic mass is 10.1. The van der Waals surface area contributed by atoms with E-state index in [1.54, 1.807) is 6.92 Å². The van der Waals surface area contributed by atoms with Crippen molar-refractivity contribution in [2.45, 2.75) is 53.2 Å². The van der Waals surface area contributed by atoms with Crippen molar-refractivity contribution in [1.29, 1.82) is 0 Å². The molecule has 3 heteroatoms. The zero-order valence-corrected chi connectivity index (χ0v) is 12.6. The molecule has 0 unspecified atom stereocenters. The molecule has 0 aliphatic heterocycles. The van der Waals surface area contributed by atoms with Crippen LogP contribution in [0.3, 0.4) is 0 Å². The summed E-state index contributed by atoms with van der Waals surface area (Å²) in [5.41, 5.74) is 1.12. The van der Waals surface area contributed by atoms with Gasteiger partial charge in [0, 0.05) is 6.04 Å². The second kappa shape index (κ2) is 7.17. The number of amides is 1. The van der Waals surface area contributed by atoms with Crippen molar-refractivity contribution >= 4 is 5.91 Å². The number of hydrogen-bond acceptors (Lipinski definition) is 2. The van der Waals surface area contributed by atoms with Crippen LogP contribution in [0.15, 0.2) is 24.3 Å². The van der Waals surface area contributed by atoms with Crippen molar-refractivity contribution in [2.24, 2.45) is 5.92 Å². The minimum Gasteiger partial charge on any atom is -0.481 e. The first-order chi connectivity index (χ1) is 8.95. The summed E-state index contributed by atoms with van der Waals surface area (Å²) in [4.78, 5) is 12.0. The molecule has 0 aliphatic carbocycles. The van der Waals surface area contributed by atoms with Crippen LogP contribution < -0.4 is 10.1 Å². The monoisotopic (exact) mass is 263 g/mol. The van der Waals surface area contributed by atoms with E-state index in [2.05, 4.69) is 26.1 Å². The Morgan fingerprint density at radius 3 is 2.42 bits per heavy atom. The molecule has 1 rings (SSSR count). The fraction of sp³-hybridized carbons (Fsp3) is 0.562. The standard InChI is InChI=1S/C16H25NO2/c1-6-14-9-7-8-10-15(14)19-13(5)16(18)17-12(4)11(2)3/h7-13H,6H2,1-5H3,(H,17,18)/t12-,13-/m1/s1. The molecule has 2 atom stereocenters. The molecule has 106 valence electrons. The summed E-state index contributed by atoms with van der Waals surface area (Å²) < 4.78 is 5.77. The quantitative estimate of drug-likeness (QED) is 0.856. The first-order valence-corrected chi connectivity index (χ1v) is 7.00. The second-order valence-corrected chi connectivity index (χ2v) is 5.26. The number of carbonyl (C=O) groups is 1. The molecule has 1 aromatic carbocycles. The maximum atomic E-state index is 12.0. The highest BCUT2D eigenvalue weighted by molar-refractivity contribution is 5.81. The lowest BCUT2D eigenvalue weighted by Gasteiger charge is -2.21. The van der Waals surface area contributed by atoms with E-state index in [1.807, 2.05) is 31.2 Å². The number of benzene rings is 1. The van der Waals surface area contributed by atoms with Gasteiger partial charge < -0.3 is 10.1 Å². The van der Waals surface area contributed by atoms with Gasteiger partial charge in [0.15, 0.2) is 6.10 Å². The van der Waals surface area contributed by atoms with Gasteiger partial charge in [-0.2, -0.15) is 0 Å². The van der Waals surface area contributed by atoms with Gasteiger partial charge in [0.1, 0.15) is 5.75 Å². The SMILES string of the molecule is CCc1ccccc1O[C@H](C)C(=O)N[C@H](C)C(C)C. The Morgan fingerprint density at radius 2 is 1.84 bits per heavy atom. The number of aryl methyl sites for hydroxylation is 1. The molecule has 1 N–H and O–H groups in total. The van der Waals surface area contributed by atoms with Crippen molar-refractivity contribution in [1.82, 2.24) is 5.32 Å². The van der Waals surface area contributed by atoms with Crippen molar-refractivity contribution < 1.29 is 9.53 Å². The Morgan fingerprint density at radius 1 is 1.21 bits per heavy atom. The minimum absolute atomic E-state index is 0.0629. The Labute approximate surface area is 116 Å². The number of carbonyl (C=O) groups excluding carboxylic acids is 1. The zero-order valence-electron chi connectivity index (χ0n) is 12.6. The predicted molar refractivity (Wildman–Crippen MR) is 78.4 cm³/mol. The van der Waals surface area contributed by atoms with Crippen molar-refractivity contribution in [2.75, 3.05) is 0 Å². The smallest absolute Gasteiger partial charge is 0.260 e. The Hall–Kier alpha value is -1.51. The van der Waals surface area contributed by atoms with Crippen molar-refractivity contribution in [3.8, 4) is 5.75 Å². The van der Waals surface area contributed by atoms with Crippen molar-refractivity contribution in [3.63, 3.8) is 0 Å². The molecule has 0 aromatic heterocycles. The lowest BCUT2D eigenvalue weighted by Crippen LogP contribution is -2.43. The summed E-state index contributed by atoms with van der Waals surface area (Å²) in [5.74, 6) is 1.15. The Bertz CT molecular complexity index is 415. The Balaban J connectivity index is 2.63. The molecule has 1 aromatic rings. The fourth-order valence-corrected chi connectivity index (χ4v) is 1.66. The second-order valence-electron chi connectivity index (χ2n) is 5.26. The van der Waals surface area contributed by atoms with E-state index in [0.717, 1.165) is 17.7 Å². The number of rotatable bonds is 6. The van der Waals surface area contributed by atoms with Gasteiger partial charge in [-0.05, 0) is 37.8 Å². The highest BCUT2D eigenvalue weighted by atomic mass is 16.5. The van der Waals surface area contributed by atoms with E-state index in [9.17, 15) is 4.79 Å². The highest BCUT2D eigenvalue weighted by Crippen LogP contribution is 2.19. The number of ether oxygens (including phenoxy) is 1. The number of para-hydroxylation sites is 1. The predicted octanol–water partition coefficient (Wildman–Crippen LogP) is 3.18. The first kappa shape index (κ1) is 15.5. The van der Waals surface area contributed by atoms with Gasteiger partial charge in [-0.1, -0.05) is 39.0 Å². The van der Waals surface area contributed by atoms with E-state index >= 15 is 0 Å². The van der Waals surface area contributed by atoms with Gasteiger partial charge in [0.2, 0.25) is 0 Å². The van der Waals surface area contributed by atoms with Gasteiger partial charge in [-0.15, -0.1) is 0 Å². The van der Waals surface area contributed by atoms with Crippen LogP contribution in [0.4, 0.5) is 0 Å². The van der Waals surface area contributed by atoms with Crippen LogP contribution in [-0.4, -0.2) is 18.1 Å². The van der Waals surface area contributed by atoms with E-state index in [0.29, 0.717) is 5.92 Å². The molecule has 1 amide bonds. The molecule has 0 spiro atoms. The van der Waals surface area contributed by atoms with Crippen LogP contribution in [0.1, 0.15) is 40.2 Å². The molecule has 0 saturated heterocycles. The first-order valence-electron chi connectivity index (χ1n) is 7.00. The zero-order chi connectivity index (χ0) is 14.4. The molecule has 0 saturated carbocycles. The van der Waals surface area contributed by atoms with Gasteiger partial charge >= 0.3 is 0 Å². The average Bonchev–Trinajstić information content (AvgIpc) is 2.38. The largest absolute Gasteiger partial charge is 0.481 e. The molecular weight excluding hydrogens is 238 g/mol. The number of hydrogen-bond donors (Lipinski definition) is 1. The van der Waals surface area contributed by atoms with E-state index in [4.69, 9.17) is 4.74 Å². The molecule has 0 bridgehead atoms. The molecular formula is C16H25NO2. The van der Waals surface area contributed by atoms with Crippen LogP contribution >= 0.6 is 0 Å². The summed E-state index contributed by atoms with van der Waals surface area (Å²) >= 11 is 0. The van der Waals surface area contributed by atoms with Gasteiger partial charge in [0.25, 0.3) is 5.91 Å². The van der Waals surface area contributed by atoms with Crippen LogP contribution in [0, 0.1) is 5.92 Å².